The Bertz CT molecular complexity index is 151. The fraction of sp³-hybridized carbons (Fsp3) is 0.778. The first-order valence-electron chi connectivity index (χ1n) is 4.32. The van der Waals surface area contributed by atoms with Crippen LogP contribution in [-0.4, -0.2) is 19.5 Å². The number of halogens is 1. The molecule has 0 N–H and O–H groups in total. The first kappa shape index (κ1) is 10.0. The summed E-state index contributed by atoms with van der Waals surface area (Å²) in [5, 5.41) is 0. The molecule has 1 unspecified atom stereocenters. The zero-order chi connectivity index (χ0) is 8.81. The van der Waals surface area contributed by atoms with E-state index < -0.39 is 0 Å². The molecule has 0 aromatic heterocycles. The van der Waals surface area contributed by atoms with E-state index in [4.69, 9.17) is 21.1 Å². The summed E-state index contributed by atoms with van der Waals surface area (Å²) in [7, 11) is 0. The van der Waals surface area contributed by atoms with Crippen LogP contribution in [0.3, 0.4) is 0 Å². The highest BCUT2D eigenvalue weighted by Gasteiger charge is 2.13. The zero-order valence-corrected chi connectivity index (χ0v) is 8.14. The van der Waals surface area contributed by atoms with Crippen molar-refractivity contribution < 1.29 is 9.47 Å². The van der Waals surface area contributed by atoms with Gasteiger partial charge in [0.05, 0.1) is 6.61 Å². The van der Waals surface area contributed by atoms with Crippen LogP contribution in [0.15, 0.2) is 11.1 Å². The summed E-state index contributed by atoms with van der Waals surface area (Å²) in [6.45, 7) is 3.35. The quantitative estimate of drug-likeness (QED) is 0.681. The number of rotatable bonds is 3. The normalized spacial score (nSPS) is 25.8. The Labute approximate surface area is 78.5 Å². The third kappa shape index (κ3) is 3.57. The molecule has 70 valence electrons. The average Bonchev–Trinajstić information content (AvgIpc) is 2.16. The van der Waals surface area contributed by atoms with Gasteiger partial charge < -0.3 is 9.47 Å². The predicted molar refractivity (Wildman–Crippen MR) is 49.2 cm³/mol. The van der Waals surface area contributed by atoms with Crippen molar-refractivity contribution in [1.82, 2.24) is 0 Å². The maximum absolute atomic E-state index is 5.49. The Kier molecular flexibility index (Phi) is 4.66. The van der Waals surface area contributed by atoms with Crippen molar-refractivity contribution in [2.24, 2.45) is 0 Å². The van der Waals surface area contributed by atoms with E-state index in [0.717, 1.165) is 25.0 Å². The van der Waals surface area contributed by atoms with Gasteiger partial charge in [-0.05, 0) is 31.8 Å². The molecular formula is C9H15ClO2. The van der Waals surface area contributed by atoms with E-state index >= 15 is 0 Å². The smallest absolute Gasteiger partial charge is 0.158 e. The standard InChI is InChI=1S/C9H15ClO2/c1-8(6-10)7-12-9-4-2-3-5-11-9/h6,9H,2-5,7H2,1H3. The highest BCUT2D eigenvalue weighted by atomic mass is 35.5. The first-order chi connectivity index (χ1) is 5.83. The Balaban J connectivity index is 2.13. The fourth-order valence-electron chi connectivity index (χ4n) is 1.10. The molecule has 1 fully saturated rings. The minimum absolute atomic E-state index is 0.00897. The summed E-state index contributed by atoms with van der Waals surface area (Å²) in [4.78, 5) is 0. The van der Waals surface area contributed by atoms with Gasteiger partial charge in [0, 0.05) is 12.1 Å². The molecule has 12 heavy (non-hydrogen) atoms. The highest BCUT2D eigenvalue weighted by Crippen LogP contribution is 2.14. The van der Waals surface area contributed by atoms with Gasteiger partial charge in [-0.3, -0.25) is 0 Å². The van der Waals surface area contributed by atoms with Crippen LogP contribution in [0.1, 0.15) is 26.2 Å². The first-order valence-corrected chi connectivity index (χ1v) is 4.75. The largest absolute Gasteiger partial charge is 0.353 e. The van der Waals surface area contributed by atoms with Crippen molar-refractivity contribution in [1.29, 1.82) is 0 Å². The molecule has 0 saturated carbocycles. The molecule has 1 saturated heterocycles. The van der Waals surface area contributed by atoms with Crippen LogP contribution >= 0.6 is 11.6 Å². The topological polar surface area (TPSA) is 18.5 Å². The fourth-order valence-corrected chi connectivity index (χ4v) is 1.16. The molecule has 1 heterocycles. The summed E-state index contributed by atoms with van der Waals surface area (Å²) in [6, 6.07) is 0. The van der Waals surface area contributed by atoms with Gasteiger partial charge in [0.2, 0.25) is 0 Å². The second-order valence-corrected chi connectivity index (χ2v) is 3.28. The van der Waals surface area contributed by atoms with Gasteiger partial charge in [-0.25, -0.2) is 0 Å². The zero-order valence-electron chi connectivity index (χ0n) is 7.38. The lowest BCUT2D eigenvalue weighted by Gasteiger charge is -2.22. The number of hydrogen-bond acceptors (Lipinski definition) is 2. The lowest BCUT2D eigenvalue weighted by Crippen LogP contribution is -2.22. The summed E-state index contributed by atoms with van der Waals surface area (Å²) in [5.74, 6) is 0. The van der Waals surface area contributed by atoms with Crippen LogP contribution in [0.5, 0.6) is 0 Å². The van der Waals surface area contributed by atoms with E-state index in [1.54, 1.807) is 5.54 Å². The monoisotopic (exact) mass is 190 g/mol. The van der Waals surface area contributed by atoms with E-state index in [2.05, 4.69) is 0 Å². The maximum atomic E-state index is 5.49. The highest BCUT2D eigenvalue weighted by molar-refractivity contribution is 6.25. The Hall–Kier alpha value is -0.0500. The second-order valence-electron chi connectivity index (χ2n) is 3.06. The molecule has 1 atom stereocenters. The molecule has 0 radical (unpaired) electrons. The summed E-state index contributed by atoms with van der Waals surface area (Å²) in [5.41, 5.74) is 2.58. The third-order valence-electron chi connectivity index (χ3n) is 1.82. The van der Waals surface area contributed by atoms with Crippen LogP contribution in [0.2, 0.25) is 0 Å². The Morgan fingerprint density at radius 1 is 1.67 bits per heavy atom. The molecule has 1 aliphatic heterocycles. The SMILES string of the molecule is CC(=CCl)COC1CCCCO1. The minimum Gasteiger partial charge on any atom is -0.353 e. The molecule has 2 nitrogen and oxygen atoms in total. The molecule has 3 heteroatoms. The van der Waals surface area contributed by atoms with Gasteiger partial charge in [0.25, 0.3) is 0 Å². The van der Waals surface area contributed by atoms with Crippen LogP contribution in [-0.2, 0) is 9.47 Å². The van der Waals surface area contributed by atoms with Crippen molar-refractivity contribution in [3.8, 4) is 0 Å². The molecule has 0 spiro atoms. The van der Waals surface area contributed by atoms with Gasteiger partial charge >= 0.3 is 0 Å². The van der Waals surface area contributed by atoms with Crippen molar-refractivity contribution in [2.45, 2.75) is 32.5 Å². The van der Waals surface area contributed by atoms with Gasteiger partial charge in [-0.1, -0.05) is 11.6 Å². The molecule has 0 aliphatic carbocycles. The summed E-state index contributed by atoms with van der Waals surface area (Å²) < 4.78 is 10.8. The summed E-state index contributed by atoms with van der Waals surface area (Å²) in [6.07, 6.45) is 3.36. The van der Waals surface area contributed by atoms with Gasteiger partial charge in [-0.2, -0.15) is 0 Å². The molecule has 0 bridgehead atoms. The van der Waals surface area contributed by atoms with Crippen LogP contribution in [0.25, 0.3) is 0 Å². The van der Waals surface area contributed by atoms with Crippen LogP contribution < -0.4 is 0 Å². The average molecular weight is 191 g/mol. The maximum Gasteiger partial charge on any atom is 0.158 e. The number of hydrogen-bond donors (Lipinski definition) is 0. The Morgan fingerprint density at radius 2 is 2.50 bits per heavy atom. The van der Waals surface area contributed by atoms with Gasteiger partial charge in [-0.15, -0.1) is 0 Å². The van der Waals surface area contributed by atoms with Crippen LogP contribution in [0, 0.1) is 0 Å². The number of ether oxygens (including phenoxy) is 2. The van der Waals surface area contributed by atoms with Gasteiger partial charge in [0.1, 0.15) is 0 Å². The minimum atomic E-state index is -0.00897. The third-order valence-corrected chi connectivity index (χ3v) is 2.19. The lowest BCUT2D eigenvalue weighted by molar-refractivity contribution is -0.156. The van der Waals surface area contributed by atoms with Crippen molar-refractivity contribution in [3.63, 3.8) is 0 Å². The second kappa shape index (κ2) is 5.57. The van der Waals surface area contributed by atoms with Crippen molar-refractivity contribution >= 4 is 11.6 Å². The molecular weight excluding hydrogens is 176 g/mol. The van der Waals surface area contributed by atoms with E-state index in [9.17, 15) is 0 Å². The molecule has 0 amide bonds. The summed E-state index contributed by atoms with van der Waals surface area (Å²) >= 11 is 5.49. The van der Waals surface area contributed by atoms with Crippen molar-refractivity contribution in [2.75, 3.05) is 13.2 Å². The van der Waals surface area contributed by atoms with E-state index in [1.807, 2.05) is 6.92 Å². The Morgan fingerprint density at radius 3 is 3.08 bits per heavy atom. The van der Waals surface area contributed by atoms with Gasteiger partial charge in [0.15, 0.2) is 6.29 Å². The molecule has 1 aliphatic rings. The van der Waals surface area contributed by atoms with Crippen molar-refractivity contribution in [3.05, 3.63) is 11.1 Å². The van der Waals surface area contributed by atoms with E-state index in [-0.39, 0.29) is 6.29 Å². The molecule has 0 aromatic rings. The lowest BCUT2D eigenvalue weighted by atomic mass is 10.2. The van der Waals surface area contributed by atoms with Crippen LogP contribution in [0.4, 0.5) is 0 Å². The predicted octanol–water partition coefficient (Wildman–Crippen LogP) is 2.67. The van der Waals surface area contributed by atoms with E-state index in [1.165, 1.54) is 6.42 Å². The van der Waals surface area contributed by atoms with E-state index in [0.29, 0.717) is 6.61 Å². The molecule has 1 rings (SSSR count). The molecule has 0 aromatic carbocycles.